The number of rotatable bonds is 19. The van der Waals surface area contributed by atoms with Crippen LogP contribution < -0.4 is 16.0 Å². The second-order valence-electron chi connectivity index (χ2n) is 12.5. The summed E-state index contributed by atoms with van der Waals surface area (Å²) in [6.07, 6.45) is -5.30. The molecule has 5 unspecified atom stereocenters. The van der Waals surface area contributed by atoms with Crippen molar-refractivity contribution in [3.63, 3.8) is 0 Å². The summed E-state index contributed by atoms with van der Waals surface area (Å²) in [5, 5.41) is 9.80. The van der Waals surface area contributed by atoms with Crippen molar-refractivity contribution in [3.8, 4) is 0 Å². The number of carbonyl (C=O) groups excluding carboxylic acids is 6. The van der Waals surface area contributed by atoms with Gasteiger partial charge < -0.3 is 48.5 Å². The number of amides is 3. The lowest BCUT2D eigenvalue weighted by molar-refractivity contribution is -0.279. The van der Waals surface area contributed by atoms with Gasteiger partial charge in [0, 0.05) is 45.5 Å². The van der Waals surface area contributed by atoms with Crippen molar-refractivity contribution in [2.45, 2.75) is 64.9 Å². The fourth-order valence-corrected chi connectivity index (χ4v) is 5.66. The number of hydrogen-bond donors (Lipinski definition) is 3. The number of fused-ring (bicyclic) bond motifs is 1. The quantitative estimate of drug-likeness (QED) is 0.0907. The van der Waals surface area contributed by atoms with Gasteiger partial charge in [0.15, 0.2) is 18.5 Å². The molecule has 1 saturated heterocycles. The summed E-state index contributed by atoms with van der Waals surface area (Å²) >= 11 is 0. The molecule has 1 aliphatic rings. The highest BCUT2D eigenvalue weighted by Gasteiger charge is 2.51. The zero-order valence-corrected chi connectivity index (χ0v) is 31.6. The first kappa shape index (κ1) is 43.1. The van der Waals surface area contributed by atoms with Crippen molar-refractivity contribution >= 4 is 52.3 Å². The molecule has 1 heterocycles. The molecule has 0 aliphatic carbocycles. The number of nitrogens with one attached hydrogen (secondary N) is 3. The summed E-state index contributed by atoms with van der Waals surface area (Å²) in [4.78, 5) is 72.4. The number of benzene rings is 3. The molecule has 3 aromatic carbocycles. The van der Waals surface area contributed by atoms with Gasteiger partial charge in [-0.05, 0) is 40.6 Å². The van der Waals surface area contributed by atoms with Gasteiger partial charge in [0.05, 0.1) is 33.0 Å². The van der Waals surface area contributed by atoms with E-state index in [0.29, 0.717) is 11.3 Å². The Bertz CT molecular complexity index is 1810. The third-order valence-electron chi connectivity index (χ3n) is 8.05. The zero-order chi connectivity index (χ0) is 40.5. The second-order valence-corrected chi connectivity index (χ2v) is 12.5. The molecule has 1 fully saturated rings. The van der Waals surface area contributed by atoms with Crippen LogP contribution in [0.5, 0.6) is 0 Å². The molecule has 17 nitrogen and oxygen atoms in total. The van der Waals surface area contributed by atoms with Crippen molar-refractivity contribution in [2.75, 3.05) is 51.5 Å². The predicted molar refractivity (Wildman–Crippen MR) is 198 cm³/mol. The van der Waals surface area contributed by atoms with Gasteiger partial charge in [-0.15, -0.1) is 0 Å². The summed E-state index contributed by atoms with van der Waals surface area (Å²) in [6.45, 7) is 5.53. The van der Waals surface area contributed by atoms with E-state index >= 15 is 0 Å². The van der Waals surface area contributed by atoms with E-state index in [1.807, 2.05) is 30.3 Å². The molecule has 302 valence electrons. The summed E-state index contributed by atoms with van der Waals surface area (Å²) < 4.78 is 44.1. The Morgan fingerprint density at radius 3 is 2.05 bits per heavy atom. The molecule has 3 aromatic rings. The molecular formula is C39H47N3O14. The number of hydrogen-bond acceptors (Lipinski definition) is 14. The molecule has 17 heteroatoms. The van der Waals surface area contributed by atoms with Crippen molar-refractivity contribution in [1.29, 1.82) is 0 Å². The first-order chi connectivity index (χ1) is 26.9. The largest absolute Gasteiger partial charge is 0.463 e. The van der Waals surface area contributed by atoms with Crippen molar-refractivity contribution in [2.24, 2.45) is 0 Å². The Morgan fingerprint density at radius 1 is 0.696 bits per heavy atom. The molecule has 5 atom stereocenters. The smallest absolute Gasteiger partial charge is 0.411 e. The first-order valence-electron chi connectivity index (χ1n) is 17.9. The third kappa shape index (κ3) is 14.2. The monoisotopic (exact) mass is 781 g/mol. The molecule has 4 rings (SSSR count). The van der Waals surface area contributed by atoms with Gasteiger partial charge in [0.2, 0.25) is 5.91 Å². The number of ether oxygens (including phenoxy) is 8. The number of anilines is 1. The molecular weight excluding hydrogens is 734 g/mol. The van der Waals surface area contributed by atoms with Gasteiger partial charge >= 0.3 is 24.0 Å². The lowest BCUT2D eigenvalue weighted by atomic mass is 9.96. The Balaban J connectivity index is 1.16. The topological polar surface area (TPSA) is 212 Å². The van der Waals surface area contributed by atoms with Crippen LogP contribution in [0.1, 0.15) is 43.6 Å². The average Bonchev–Trinajstić information content (AvgIpc) is 3.15. The van der Waals surface area contributed by atoms with Gasteiger partial charge in [-0.1, -0.05) is 42.5 Å². The van der Waals surface area contributed by atoms with E-state index < -0.39 is 60.6 Å². The van der Waals surface area contributed by atoms with Crippen LogP contribution >= 0.6 is 0 Å². The minimum absolute atomic E-state index is 0.0208. The minimum atomic E-state index is -1.23. The van der Waals surface area contributed by atoms with Gasteiger partial charge in [0.1, 0.15) is 25.4 Å². The number of esters is 3. The molecule has 0 bridgehead atoms. The minimum Gasteiger partial charge on any atom is -0.463 e. The lowest BCUT2D eigenvalue weighted by Crippen LogP contribution is -2.66. The molecule has 56 heavy (non-hydrogen) atoms. The SMILES string of the molecule is CC(=O)NC1C(OCCOCCOCCNC(=O)c2ccc3cc(NC(=O)OCc4ccccc4)ccc3c2)OC(COC(C)=O)C(OC(C)=O)C1OC(C)=O. The third-order valence-corrected chi connectivity index (χ3v) is 8.05. The maximum atomic E-state index is 12.8. The standard InChI is InChI=1S/C39H47N3O14/c1-24(43)41-34-36(55-27(4)46)35(54-26(3)45)33(23-52-25(2)44)56-38(34)51-19-18-50-17-16-49-15-14-40-37(47)31-11-10-30-21-32(13-12-29(30)20-31)42-39(48)53-22-28-8-6-5-7-9-28/h5-13,20-21,33-36,38H,14-19,22-23H2,1-4H3,(H,40,47)(H,41,43)(H,42,48). The van der Waals surface area contributed by atoms with E-state index in [9.17, 15) is 28.8 Å². The Labute approximate surface area is 323 Å². The fraction of sp³-hybridized carbons (Fsp3) is 0.436. The van der Waals surface area contributed by atoms with E-state index in [1.54, 1.807) is 36.4 Å². The highest BCUT2D eigenvalue weighted by atomic mass is 16.7. The van der Waals surface area contributed by atoms with Crippen molar-refractivity contribution in [1.82, 2.24) is 10.6 Å². The van der Waals surface area contributed by atoms with E-state index in [4.69, 9.17) is 37.9 Å². The molecule has 0 aromatic heterocycles. The lowest BCUT2D eigenvalue weighted by Gasteiger charge is -2.44. The van der Waals surface area contributed by atoms with Gasteiger partial charge in [-0.2, -0.15) is 0 Å². The van der Waals surface area contributed by atoms with Gasteiger partial charge in [-0.3, -0.25) is 29.3 Å². The molecule has 3 N–H and O–H groups in total. The summed E-state index contributed by atoms with van der Waals surface area (Å²) in [5.74, 6) is -2.80. The summed E-state index contributed by atoms with van der Waals surface area (Å²) in [7, 11) is 0. The van der Waals surface area contributed by atoms with Gasteiger partial charge in [-0.25, -0.2) is 4.79 Å². The van der Waals surface area contributed by atoms with Crippen molar-refractivity contribution < 1.29 is 66.7 Å². The molecule has 3 amide bonds. The van der Waals surface area contributed by atoms with Crippen LogP contribution in [0, 0.1) is 0 Å². The molecule has 1 aliphatic heterocycles. The van der Waals surface area contributed by atoms with E-state index in [2.05, 4.69) is 16.0 Å². The molecule has 0 saturated carbocycles. The maximum Gasteiger partial charge on any atom is 0.411 e. The first-order valence-corrected chi connectivity index (χ1v) is 17.9. The van der Waals surface area contributed by atoms with E-state index in [0.717, 1.165) is 30.2 Å². The Morgan fingerprint density at radius 2 is 1.36 bits per heavy atom. The van der Waals surface area contributed by atoms with Crippen LogP contribution in [0.4, 0.5) is 10.5 Å². The Kier molecular flexibility index (Phi) is 17.0. The van der Waals surface area contributed by atoms with Crippen LogP contribution in [-0.4, -0.2) is 113 Å². The normalized spacial score (nSPS) is 19.0. The van der Waals surface area contributed by atoms with Crippen LogP contribution in [0.25, 0.3) is 10.8 Å². The Hall–Kier alpha value is -5.62. The van der Waals surface area contributed by atoms with Gasteiger partial charge in [0.25, 0.3) is 5.91 Å². The summed E-state index contributed by atoms with van der Waals surface area (Å²) in [6, 6.07) is 18.9. The highest BCUT2D eigenvalue weighted by Crippen LogP contribution is 2.28. The second kappa shape index (κ2) is 22.1. The molecule has 0 spiro atoms. The number of carbonyl (C=O) groups is 6. The van der Waals surface area contributed by atoms with Crippen LogP contribution in [0.2, 0.25) is 0 Å². The van der Waals surface area contributed by atoms with Crippen LogP contribution in [0.3, 0.4) is 0 Å². The highest BCUT2D eigenvalue weighted by molar-refractivity contribution is 5.99. The van der Waals surface area contributed by atoms with E-state index in [1.165, 1.54) is 13.8 Å². The van der Waals surface area contributed by atoms with Crippen molar-refractivity contribution in [3.05, 3.63) is 77.9 Å². The fourth-order valence-electron chi connectivity index (χ4n) is 5.66. The van der Waals surface area contributed by atoms with Crippen LogP contribution in [0.15, 0.2) is 66.7 Å². The zero-order valence-electron chi connectivity index (χ0n) is 31.6. The molecule has 0 radical (unpaired) electrons. The predicted octanol–water partition coefficient (Wildman–Crippen LogP) is 3.02. The van der Waals surface area contributed by atoms with Crippen LogP contribution in [-0.2, 0) is 63.7 Å². The summed E-state index contributed by atoms with van der Waals surface area (Å²) in [5.41, 5.74) is 1.90. The maximum absolute atomic E-state index is 12.8. The average molecular weight is 782 g/mol. The van der Waals surface area contributed by atoms with E-state index in [-0.39, 0.29) is 58.7 Å².